The highest BCUT2D eigenvalue weighted by Gasteiger charge is 2.44. The Balaban J connectivity index is 1.60. The van der Waals surface area contributed by atoms with Crippen LogP contribution in [0.3, 0.4) is 0 Å². The summed E-state index contributed by atoms with van der Waals surface area (Å²) in [5.74, 6) is -1.16. The summed E-state index contributed by atoms with van der Waals surface area (Å²) in [5.41, 5.74) is 3.59. The number of rotatable bonds is 9. The van der Waals surface area contributed by atoms with E-state index in [2.05, 4.69) is 15.5 Å². The molecule has 1 saturated heterocycles. The van der Waals surface area contributed by atoms with Crippen LogP contribution in [0.25, 0.3) is 33.4 Å². The van der Waals surface area contributed by atoms with Crippen molar-refractivity contribution in [2.45, 2.75) is 44.5 Å². The summed E-state index contributed by atoms with van der Waals surface area (Å²) in [6.07, 6.45) is -5.98. The lowest BCUT2D eigenvalue weighted by Gasteiger charge is -2.40. The average Bonchev–Trinajstić information content (AvgIpc) is 3.43. The van der Waals surface area contributed by atoms with Crippen LogP contribution in [-0.2, 0) is 4.74 Å². The van der Waals surface area contributed by atoms with Gasteiger partial charge in [-0.2, -0.15) is 0 Å². The number of furan rings is 1. The monoisotopic (exact) mass is 621 g/mol. The number of carbonyl (C=O) groups is 2. The van der Waals surface area contributed by atoms with E-state index in [0.29, 0.717) is 40.7 Å². The zero-order chi connectivity index (χ0) is 32.4. The number of halogens is 1. The Morgan fingerprint density at radius 3 is 2.29 bits per heavy atom. The molecule has 2 amide bonds. The maximum absolute atomic E-state index is 13.7. The molecule has 2 heterocycles. The minimum atomic E-state index is -1.66. The Morgan fingerprint density at radius 2 is 1.64 bits per heavy atom. The van der Waals surface area contributed by atoms with Crippen LogP contribution in [0.4, 0.5) is 10.1 Å². The van der Waals surface area contributed by atoms with Crippen LogP contribution in [0.5, 0.6) is 0 Å². The number of aliphatic hydroxyl groups is 4. The number of ether oxygens (including phenoxy) is 1. The van der Waals surface area contributed by atoms with Gasteiger partial charge < -0.3 is 45.1 Å². The number of hydrogen-bond acceptors (Lipinski definition) is 9. The molecule has 1 unspecified atom stereocenters. The zero-order valence-corrected chi connectivity index (χ0v) is 25.0. The van der Waals surface area contributed by atoms with E-state index in [1.54, 1.807) is 30.3 Å². The van der Waals surface area contributed by atoms with Gasteiger partial charge in [0.2, 0.25) is 0 Å². The first-order chi connectivity index (χ1) is 21.6. The van der Waals surface area contributed by atoms with Crippen LogP contribution in [0.2, 0.25) is 0 Å². The van der Waals surface area contributed by atoms with Crippen LogP contribution in [0, 0.1) is 5.82 Å². The van der Waals surface area contributed by atoms with Crippen LogP contribution in [0.15, 0.2) is 65.1 Å². The molecular weight excluding hydrogens is 585 g/mol. The van der Waals surface area contributed by atoms with Crippen molar-refractivity contribution < 1.29 is 43.6 Å². The van der Waals surface area contributed by atoms with Crippen molar-refractivity contribution in [3.63, 3.8) is 0 Å². The maximum atomic E-state index is 13.7. The largest absolute Gasteiger partial charge is 0.455 e. The summed E-state index contributed by atoms with van der Waals surface area (Å²) in [7, 11) is 1.51. The maximum Gasteiger partial charge on any atom is 0.255 e. The molecule has 11 nitrogen and oxygen atoms in total. The average molecular weight is 622 g/mol. The standard InChI is InChI=1S/C33H36FN3O8/c1-4-37(5-2)23-15-24-22(26(32(42)35-3)30(44-24)17-9-11-20(34)12-10-17)14-21(23)18-7-6-8-19(13-18)31(41)36-27-29(40)28(39)25(16-38)45-33(27)43/h6-15,25,27-29,33,38-40,43H,4-5,16H2,1-3H3,(H,35,42)(H,36,41)/t25-,27-,28-,29-,33?/m1/s1. The van der Waals surface area contributed by atoms with Gasteiger partial charge >= 0.3 is 0 Å². The molecule has 45 heavy (non-hydrogen) atoms. The van der Waals surface area contributed by atoms with E-state index in [0.717, 1.165) is 5.69 Å². The molecule has 5 rings (SSSR count). The topological polar surface area (TPSA) is 165 Å². The summed E-state index contributed by atoms with van der Waals surface area (Å²) in [4.78, 5) is 28.6. The summed E-state index contributed by atoms with van der Waals surface area (Å²) in [6, 6.07) is 14.7. The molecule has 1 fully saturated rings. The number of hydrogen-bond donors (Lipinski definition) is 6. The fourth-order valence-corrected chi connectivity index (χ4v) is 5.66. The molecule has 5 atom stereocenters. The van der Waals surface area contributed by atoms with E-state index in [9.17, 15) is 34.4 Å². The summed E-state index contributed by atoms with van der Waals surface area (Å²) >= 11 is 0. The highest BCUT2D eigenvalue weighted by Crippen LogP contribution is 2.41. The van der Waals surface area contributed by atoms with Gasteiger partial charge in [-0.15, -0.1) is 0 Å². The molecule has 0 radical (unpaired) electrons. The Bertz CT molecular complexity index is 1690. The van der Waals surface area contributed by atoms with Gasteiger partial charge in [0.15, 0.2) is 6.29 Å². The second-order valence-corrected chi connectivity index (χ2v) is 10.7. The quantitative estimate of drug-likeness (QED) is 0.165. The molecular formula is C33H36FN3O8. The van der Waals surface area contributed by atoms with Gasteiger partial charge in [-0.3, -0.25) is 9.59 Å². The predicted octanol–water partition coefficient (Wildman–Crippen LogP) is 2.64. The fourth-order valence-electron chi connectivity index (χ4n) is 5.66. The van der Waals surface area contributed by atoms with Gasteiger partial charge in [0.25, 0.3) is 11.8 Å². The molecule has 1 aliphatic heterocycles. The van der Waals surface area contributed by atoms with Gasteiger partial charge in [0.1, 0.15) is 41.5 Å². The van der Waals surface area contributed by atoms with Gasteiger partial charge in [0.05, 0.1) is 12.2 Å². The van der Waals surface area contributed by atoms with Gasteiger partial charge in [-0.1, -0.05) is 12.1 Å². The molecule has 0 saturated carbocycles. The Labute approximate surface area is 258 Å². The lowest BCUT2D eigenvalue weighted by molar-refractivity contribution is -0.252. The Hall–Kier alpha value is -4.33. The van der Waals surface area contributed by atoms with Crippen molar-refractivity contribution in [2.75, 3.05) is 31.6 Å². The van der Waals surface area contributed by atoms with Crippen molar-refractivity contribution in [3.05, 3.63) is 77.6 Å². The summed E-state index contributed by atoms with van der Waals surface area (Å²) < 4.78 is 25.1. The number of anilines is 1. The van der Waals surface area contributed by atoms with Crippen LogP contribution >= 0.6 is 0 Å². The SMILES string of the molecule is CCN(CC)c1cc2oc(-c3ccc(F)cc3)c(C(=O)NC)c2cc1-c1cccc(C(=O)N[C@H]2C(O)O[C@H](CO)[C@@H](O)[C@@H]2O)c1. The highest BCUT2D eigenvalue weighted by atomic mass is 19.1. The van der Waals surface area contributed by atoms with Crippen molar-refractivity contribution in [2.24, 2.45) is 0 Å². The van der Waals surface area contributed by atoms with Crippen molar-refractivity contribution >= 4 is 28.5 Å². The first-order valence-electron chi connectivity index (χ1n) is 14.7. The van der Waals surface area contributed by atoms with Gasteiger partial charge in [-0.25, -0.2) is 4.39 Å². The van der Waals surface area contributed by atoms with Crippen molar-refractivity contribution in [3.8, 4) is 22.5 Å². The lowest BCUT2D eigenvalue weighted by Crippen LogP contribution is -2.64. The molecule has 0 spiro atoms. The van der Waals surface area contributed by atoms with E-state index in [1.807, 2.05) is 32.0 Å². The number of benzene rings is 3. The predicted molar refractivity (Wildman–Crippen MR) is 165 cm³/mol. The third-order valence-electron chi connectivity index (χ3n) is 8.10. The van der Waals surface area contributed by atoms with E-state index in [-0.39, 0.29) is 22.8 Å². The minimum absolute atomic E-state index is 0.196. The lowest BCUT2D eigenvalue weighted by atomic mass is 9.95. The molecule has 4 aromatic rings. The molecule has 12 heteroatoms. The number of amides is 2. The smallest absolute Gasteiger partial charge is 0.255 e. The van der Waals surface area contributed by atoms with Gasteiger partial charge in [0, 0.05) is 54.0 Å². The molecule has 1 aromatic heterocycles. The molecule has 0 aliphatic carbocycles. The molecule has 0 bridgehead atoms. The third-order valence-corrected chi connectivity index (χ3v) is 8.10. The number of nitrogens with zero attached hydrogens (tertiary/aromatic N) is 1. The minimum Gasteiger partial charge on any atom is -0.455 e. The van der Waals surface area contributed by atoms with Crippen LogP contribution in [0.1, 0.15) is 34.6 Å². The first-order valence-corrected chi connectivity index (χ1v) is 14.7. The van der Waals surface area contributed by atoms with E-state index in [4.69, 9.17) is 9.15 Å². The first kappa shape index (κ1) is 32.1. The van der Waals surface area contributed by atoms with Crippen LogP contribution < -0.4 is 15.5 Å². The number of carbonyl (C=O) groups excluding carboxylic acids is 2. The molecule has 6 N–H and O–H groups in total. The molecule has 3 aromatic carbocycles. The van der Waals surface area contributed by atoms with Crippen molar-refractivity contribution in [1.29, 1.82) is 0 Å². The third kappa shape index (κ3) is 6.15. The summed E-state index contributed by atoms with van der Waals surface area (Å²) in [6.45, 7) is 4.68. The van der Waals surface area contributed by atoms with Crippen LogP contribution in [-0.4, -0.2) is 89.6 Å². The second kappa shape index (κ2) is 13.3. The molecule has 238 valence electrons. The Kier molecular flexibility index (Phi) is 9.51. The van der Waals surface area contributed by atoms with Crippen molar-refractivity contribution in [1.82, 2.24) is 10.6 Å². The normalized spacial score (nSPS) is 21.5. The number of fused-ring (bicyclic) bond motifs is 1. The summed E-state index contributed by atoms with van der Waals surface area (Å²) in [5, 5.41) is 46.1. The second-order valence-electron chi connectivity index (χ2n) is 10.7. The highest BCUT2D eigenvalue weighted by molar-refractivity contribution is 6.13. The number of nitrogens with one attached hydrogen (secondary N) is 2. The number of aliphatic hydroxyl groups excluding tert-OH is 4. The van der Waals surface area contributed by atoms with E-state index in [1.165, 1.54) is 19.2 Å². The molecule has 1 aliphatic rings. The fraction of sp³-hybridized carbons (Fsp3) is 0.333. The Morgan fingerprint density at radius 1 is 0.933 bits per heavy atom. The van der Waals surface area contributed by atoms with E-state index >= 15 is 0 Å². The zero-order valence-electron chi connectivity index (χ0n) is 25.0. The van der Waals surface area contributed by atoms with E-state index < -0.39 is 49.0 Å². The van der Waals surface area contributed by atoms with Gasteiger partial charge in [-0.05, 0) is 61.9 Å².